The van der Waals surface area contributed by atoms with Gasteiger partial charge in [-0.05, 0) is 0 Å². The molecule has 0 aliphatic carbocycles. The van der Waals surface area contributed by atoms with E-state index in [1.165, 1.54) is 0 Å². The van der Waals surface area contributed by atoms with Crippen LogP contribution in [0.4, 0.5) is 0 Å². The zero-order valence-corrected chi connectivity index (χ0v) is 4.28. The van der Waals surface area contributed by atoms with Gasteiger partial charge in [-0.25, -0.2) is 0 Å². The minimum absolute atomic E-state index is 0. The van der Waals surface area contributed by atoms with Crippen LogP contribution >= 0.6 is 0 Å². The van der Waals surface area contributed by atoms with E-state index in [0.29, 0.717) is 0 Å². The average Bonchev–Trinajstić information content (AvgIpc) is 0. The summed E-state index contributed by atoms with van der Waals surface area (Å²) in [4.78, 5) is 0. The third kappa shape index (κ3) is 8.88. The normalized spacial score (nSPS) is 0. The van der Waals surface area contributed by atoms with Gasteiger partial charge in [0.1, 0.15) is 0 Å². The van der Waals surface area contributed by atoms with Crippen molar-refractivity contribution >= 4 is 52.1 Å². The number of hydrogen-bond acceptors (Lipinski definition) is 0. The second-order valence-corrected chi connectivity index (χ2v) is 0. The summed E-state index contributed by atoms with van der Waals surface area (Å²) < 4.78 is 0. The maximum atomic E-state index is 0. The number of hydrogen-bond donors (Lipinski definition) is 0. The van der Waals surface area contributed by atoms with Crippen molar-refractivity contribution in [1.29, 1.82) is 0 Å². The smallest absolute Gasteiger partial charge is 0 e. The molecule has 0 rings (SSSR count). The van der Waals surface area contributed by atoms with E-state index in [1.807, 2.05) is 0 Å². The van der Waals surface area contributed by atoms with Crippen molar-refractivity contribution in [2.75, 3.05) is 0 Å². The van der Waals surface area contributed by atoms with Crippen LogP contribution in [0.3, 0.4) is 0 Å². The SMILES string of the molecule is [AlH3].[AlH3].[AlH3].[Pr]. The summed E-state index contributed by atoms with van der Waals surface area (Å²) in [6, 6.07) is 0. The van der Waals surface area contributed by atoms with E-state index in [-0.39, 0.29) is 93.4 Å². The number of rotatable bonds is 0. The maximum absolute atomic E-state index is 0. The van der Waals surface area contributed by atoms with Gasteiger partial charge in [0.05, 0.1) is 0 Å². The first-order valence-corrected chi connectivity index (χ1v) is 0. The molecule has 0 aromatic rings. The molecule has 0 atom stereocenters. The Morgan fingerprint density at radius 3 is 0.500 bits per heavy atom. The zero-order chi connectivity index (χ0) is 0. The van der Waals surface area contributed by atoms with Gasteiger partial charge in [-0.15, -0.1) is 0 Å². The molecule has 0 saturated carbocycles. The Hall–Kier alpha value is 2.96. The summed E-state index contributed by atoms with van der Waals surface area (Å²) in [7, 11) is 0. The molecule has 0 fully saturated rings. The van der Waals surface area contributed by atoms with Crippen LogP contribution in [0.15, 0.2) is 0 Å². The third-order valence-electron chi connectivity index (χ3n) is 0. The van der Waals surface area contributed by atoms with Crippen molar-refractivity contribution in [3.63, 3.8) is 0 Å². The van der Waals surface area contributed by atoms with E-state index in [9.17, 15) is 0 Å². The van der Waals surface area contributed by atoms with Crippen LogP contribution in [0.25, 0.3) is 0 Å². The summed E-state index contributed by atoms with van der Waals surface area (Å²) in [6.07, 6.45) is 0. The summed E-state index contributed by atoms with van der Waals surface area (Å²) in [5.41, 5.74) is 0. The topological polar surface area (TPSA) is 0 Å². The van der Waals surface area contributed by atoms with Crippen molar-refractivity contribution < 1.29 is 41.3 Å². The minimum atomic E-state index is 0. The molecule has 0 N–H and O–H groups in total. The Balaban J connectivity index is 0. The second kappa shape index (κ2) is 16.7. The molecule has 0 aliphatic rings. The van der Waals surface area contributed by atoms with Gasteiger partial charge in [-0.2, -0.15) is 0 Å². The molecule has 0 aromatic heterocycles. The van der Waals surface area contributed by atoms with Gasteiger partial charge >= 0.3 is 0 Å². The Morgan fingerprint density at radius 2 is 0.500 bits per heavy atom. The van der Waals surface area contributed by atoms with Crippen LogP contribution in [0, 0.1) is 41.3 Å². The standard InChI is InChI=1S/3Al.Pr.9H. The zero-order valence-electron chi connectivity index (χ0n) is 0.577. The first kappa shape index (κ1) is 28.2. The van der Waals surface area contributed by atoms with Crippen LogP contribution in [0.2, 0.25) is 0 Å². The monoisotopic (exact) mass is 231 g/mol. The van der Waals surface area contributed by atoms with E-state index in [0.717, 1.165) is 0 Å². The van der Waals surface area contributed by atoms with E-state index >= 15 is 0 Å². The molecular formula is H9Al3Pr. The van der Waals surface area contributed by atoms with Crippen molar-refractivity contribution in [2.24, 2.45) is 0 Å². The predicted molar refractivity (Wildman–Crippen MR) is 29.8 cm³/mol. The fourth-order valence-corrected chi connectivity index (χ4v) is 0. The molecule has 0 unspecified atom stereocenters. The summed E-state index contributed by atoms with van der Waals surface area (Å²) in [5, 5.41) is 0. The molecule has 21 valence electrons. The summed E-state index contributed by atoms with van der Waals surface area (Å²) >= 11 is 0. The molecule has 4 heteroatoms. The van der Waals surface area contributed by atoms with Crippen LogP contribution in [-0.2, 0) is 0 Å². The molecule has 0 spiro atoms. The van der Waals surface area contributed by atoms with E-state index in [1.54, 1.807) is 0 Å². The van der Waals surface area contributed by atoms with Crippen molar-refractivity contribution in [3.05, 3.63) is 0 Å². The molecule has 0 saturated heterocycles. The van der Waals surface area contributed by atoms with Crippen molar-refractivity contribution in [1.82, 2.24) is 0 Å². The molecule has 0 nitrogen and oxygen atoms in total. The summed E-state index contributed by atoms with van der Waals surface area (Å²) in [5.74, 6) is 0. The van der Waals surface area contributed by atoms with Crippen LogP contribution in [0.1, 0.15) is 0 Å². The maximum Gasteiger partial charge on any atom is 0.187 e. The van der Waals surface area contributed by atoms with Crippen molar-refractivity contribution in [2.45, 2.75) is 0 Å². The Labute approximate surface area is 91.4 Å². The minimum Gasteiger partial charge on any atom is 0 e. The Bertz CT molecular complexity index is 3.25. The Kier molecular flexibility index (Phi) is 118. The van der Waals surface area contributed by atoms with Gasteiger partial charge < -0.3 is 0 Å². The van der Waals surface area contributed by atoms with Gasteiger partial charge in [0, 0.05) is 41.3 Å². The van der Waals surface area contributed by atoms with Gasteiger partial charge in [-0.3, -0.25) is 0 Å². The quantitative estimate of drug-likeness (QED) is 0.379. The van der Waals surface area contributed by atoms with E-state index in [2.05, 4.69) is 0 Å². The first-order chi connectivity index (χ1) is 0. The van der Waals surface area contributed by atoms with Gasteiger partial charge in [0.15, 0.2) is 52.1 Å². The largest absolute Gasteiger partial charge is 0.187 e. The van der Waals surface area contributed by atoms with Crippen LogP contribution in [0.5, 0.6) is 0 Å². The van der Waals surface area contributed by atoms with Crippen LogP contribution in [-0.4, -0.2) is 52.1 Å². The molecule has 0 aromatic carbocycles. The molecular weight excluding hydrogens is 222 g/mol. The van der Waals surface area contributed by atoms with Crippen LogP contribution < -0.4 is 0 Å². The molecule has 0 amide bonds. The first-order valence-electron chi connectivity index (χ1n) is 0. The molecule has 0 aliphatic heterocycles. The van der Waals surface area contributed by atoms with Gasteiger partial charge in [-0.1, -0.05) is 0 Å². The molecule has 0 bridgehead atoms. The second-order valence-electron chi connectivity index (χ2n) is 0. The van der Waals surface area contributed by atoms with E-state index < -0.39 is 0 Å². The predicted octanol–water partition coefficient (Wildman–Crippen LogP) is -3.55. The third-order valence-corrected chi connectivity index (χ3v) is 0. The fraction of sp³-hybridized carbons (Fsp3) is 0. The van der Waals surface area contributed by atoms with Gasteiger partial charge in [0.2, 0.25) is 0 Å². The van der Waals surface area contributed by atoms with Crippen molar-refractivity contribution in [3.8, 4) is 0 Å². The fourth-order valence-electron chi connectivity index (χ4n) is 0. The average molecular weight is 231 g/mol. The molecule has 4 heavy (non-hydrogen) atoms. The van der Waals surface area contributed by atoms with Gasteiger partial charge in [0.25, 0.3) is 0 Å². The van der Waals surface area contributed by atoms with E-state index in [4.69, 9.17) is 0 Å². The molecule has 1 radical (unpaired) electrons. The Morgan fingerprint density at radius 1 is 0.500 bits per heavy atom. The molecule has 0 heterocycles. The summed E-state index contributed by atoms with van der Waals surface area (Å²) in [6.45, 7) is 0.